The van der Waals surface area contributed by atoms with Crippen LogP contribution in [0.1, 0.15) is 5.56 Å². The number of ether oxygens (including phenoxy) is 4. The Morgan fingerprint density at radius 3 is 2.74 bits per heavy atom. The first kappa shape index (κ1) is 14.3. The third kappa shape index (κ3) is 2.39. The highest BCUT2D eigenvalue weighted by atomic mass is 32.2. The SMILES string of the molecule is COc1cc2c(cc1OC)C1=CC(CSC3=NN=CCN3)(O1)O2. The molecule has 7 nitrogen and oxygen atoms in total. The third-order valence-electron chi connectivity index (χ3n) is 3.65. The smallest absolute Gasteiger partial charge is 0.284 e. The van der Waals surface area contributed by atoms with E-state index in [2.05, 4.69) is 15.5 Å². The summed E-state index contributed by atoms with van der Waals surface area (Å²) >= 11 is 1.51. The summed E-state index contributed by atoms with van der Waals surface area (Å²) in [6.45, 7) is 0.682. The van der Waals surface area contributed by atoms with Gasteiger partial charge in [0.05, 0.1) is 32.1 Å². The van der Waals surface area contributed by atoms with Crippen molar-refractivity contribution < 1.29 is 18.9 Å². The molecule has 0 aromatic heterocycles. The van der Waals surface area contributed by atoms with Gasteiger partial charge in [-0.1, -0.05) is 11.8 Å². The fraction of sp³-hybridized carbons (Fsp3) is 0.333. The van der Waals surface area contributed by atoms with Crippen LogP contribution in [0.3, 0.4) is 0 Å². The Morgan fingerprint density at radius 1 is 1.26 bits per heavy atom. The molecule has 1 unspecified atom stereocenters. The van der Waals surface area contributed by atoms with Crippen LogP contribution in [0.15, 0.2) is 28.4 Å². The number of hydrogen-bond acceptors (Lipinski definition) is 8. The van der Waals surface area contributed by atoms with Crippen molar-refractivity contribution in [2.45, 2.75) is 5.79 Å². The lowest BCUT2D eigenvalue weighted by Gasteiger charge is -2.44. The van der Waals surface area contributed by atoms with Crippen LogP contribution >= 0.6 is 11.8 Å². The average Bonchev–Trinajstić information content (AvgIpc) is 2.58. The van der Waals surface area contributed by atoms with Gasteiger partial charge in [-0.05, 0) is 6.07 Å². The second-order valence-electron chi connectivity index (χ2n) is 5.10. The molecule has 0 fully saturated rings. The van der Waals surface area contributed by atoms with Gasteiger partial charge < -0.3 is 24.3 Å². The van der Waals surface area contributed by atoms with Gasteiger partial charge in [0, 0.05) is 18.4 Å². The van der Waals surface area contributed by atoms with Gasteiger partial charge in [-0.15, -0.1) is 5.10 Å². The molecular weight excluding hydrogens is 318 g/mol. The molecule has 23 heavy (non-hydrogen) atoms. The number of hydrogen-bond donors (Lipinski definition) is 1. The largest absolute Gasteiger partial charge is 0.493 e. The van der Waals surface area contributed by atoms with E-state index in [0.717, 1.165) is 22.2 Å². The second kappa shape index (κ2) is 5.38. The average molecular weight is 333 g/mol. The van der Waals surface area contributed by atoms with E-state index in [4.69, 9.17) is 18.9 Å². The van der Waals surface area contributed by atoms with Crippen molar-refractivity contribution in [3.05, 3.63) is 23.8 Å². The van der Waals surface area contributed by atoms with Crippen molar-refractivity contribution in [3.63, 3.8) is 0 Å². The monoisotopic (exact) mass is 333 g/mol. The minimum absolute atomic E-state index is 0.575. The number of nitrogens with one attached hydrogen (secondary N) is 1. The van der Waals surface area contributed by atoms with Crippen LogP contribution in [-0.4, -0.2) is 43.7 Å². The van der Waals surface area contributed by atoms with Crippen molar-refractivity contribution in [2.24, 2.45) is 10.2 Å². The molecule has 8 heteroatoms. The van der Waals surface area contributed by atoms with Crippen molar-refractivity contribution in [2.75, 3.05) is 26.5 Å². The zero-order valence-electron chi connectivity index (χ0n) is 12.7. The van der Waals surface area contributed by atoms with Gasteiger partial charge in [-0.25, -0.2) is 0 Å². The molecule has 4 heterocycles. The predicted octanol–water partition coefficient (Wildman–Crippen LogP) is 1.84. The highest BCUT2D eigenvalue weighted by Gasteiger charge is 2.48. The Hall–Kier alpha value is -2.35. The molecule has 0 saturated carbocycles. The van der Waals surface area contributed by atoms with Crippen LogP contribution in [0.2, 0.25) is 0 Å². The summed E-state index contributed by atoms with van der Waals surface area (Å²) in [6, 6.07) is 3.68. The molecule has 5 rings (SSSR count). The Bertz CT molecular complexity index is 746. The van der Waals surface area contributed by atoms with Crippen LogP contribution < -0.4 is 19.5 Å². The van der Waals surface area contributed by atoms with Gasteiger partial charge in [0.2, 0.25) is 0 Å². The van der Waals surface area contributed by atoms with Crippen LogP contribution in [-0.2, 0) is 4.74 Å². The van der Waals surface area contributed by atoms with Gasteiger partial charge >= 0.3 is 0 Å². The van der Waals surface area contributed by atoms with E-state index in [1.807, 2.05) is 18.2 Å². The molecule has 0 spiro atoms. The quantitative estimate of drug-likeness (QED) is 0.906. The molecule has 0 amide bonds. The van der Waals surface area contributed by atoms with Gasteiger partial charge in [0.15, 0.2) is 16.7 Å². The molecule has 0 radical (unpaired) electrons. The first-order valence-corrected chi connectivity index (χ1v) is 8.05. The first-order valence-electron chi connectivity index (χ1n) is 7.06. The van der Waals surface area contributed by atoms with E-state index in [1.165, 1.54) is 11.8 Å². The van der Waals surface area contributed by atoms with Gasteiger partial charge in [0.25, 0.3) is 5.79 Å². The topological polar surface area (TPSA) is 73.7 Å². The lowest BCUT2D eigenvalue weighted by Crippen LogP contribution is -2.49. The van der Waals surface area contributed by atoms with Crippen LogP contribution in [0.5, 0.6) is 17.2 Å². The third-order valence-corrected chi connectivity index (χ3v) is 4.70. The van der Waals surface area contributed by atoms with Crippen LogP contribution in [0.4, 0.5) is 0 Å². The van der Waals surface area contributed by atoms with E-state index in [1.54, 1.807) is 20.4 Å². The first-order chi connectivity index (χ1) is 11.2. The highest BCUT2D eigenvalue weighted by molar-refractivity contribution is 8.13. The number of thioether (sulfide) groups is 1. The predicted molar refractivity (Wildman–Crippen MR) is 88.4 cm³/mol. The van der Waals surface area contributed by atoms with Crippen LogP contribution in [0, 0.1) is 0 Å². The molecule has 1 aromatic rings. The standard InChI is InChI=1S/C15H15N3O4S/c1-19-11-5-9-10(6-12(11)20-2)21-15(7-13(9)22-15)8-23-14-16-3-4-17-18-14/h4-7H,3,8H2,1-2H3,(H,16,18). The van der Waals surface area contributed by atoms with Gasteiger partial charge in [-0.2, -0.15) is 5.10 Å². The Labute approximate surface area is 137 Å². The Balaban J connectivity index is 1.55. The zero-order valence-corrected chi connectivity index (χ0v) is 13.5. The lowest BCUT2D eigenvalue weighted by atomic mass is 10.0. The molecule has 1 aromatic carbocycles. The lowest BCUT2D eigenvalue weighted by molar-refractivity contribution is -0.112. The molecule has 1 atom stereocenters. The minimum atomic E-state index is -0.766. The molecule has 4 aliphatic rings. The van der Waals surface area contributed by atoms with Gasteiger partial charge in [0.1, 0.15) is 11.5 Å². The number of rotatable bonds is 4. The summed E-state index contributed by atoms with van der Waals surface area (Å²) in [4.78, 5) is 0. The summed E-state index contributed by atoms with van der Waals surface area (Å²) in [7, 11) is 3.20. The maximum Gasteiger partial charge on any atom is 0.284 e. The summed E-state index contributed by atoms with van der Waals surface area (Å²) in [6.07, 6.45) is 3.69. The maximum absolute atomic E-state index is 6.04. The van der Waals surface area contributed by atoms with Crippen molar-refractivity contribution >= 4 is 28.9 Å². The molecule has 4 aliphatic heterocycles. The fourth-order valence-corrected chi connectivity index (χ4v) is 3.37. The van der Waals surface area contributed by atoms with E-state index in [-0.39, 0.29) is 0 Å². The highest BCUT2D eigenvalue weighted by Crippen LogP contribution is 2.51. The number of nitrogens with zero attached hydrogens (tertiary/aromatic N) is 2. The number of methoxy groups -OCH3 is 2. The van der Waals surface area contributed by atoms with E-state index < -0.39 is 5.79 Å². The number of amidine groups is 1. The normalized spacial score (nSPS) is 23.2. The second-order valence-corrected chi connectivity index (χ2v) is 6.06. The molecule has 120 valence electrons. The maximum atomic E-state index is 6.04. The van der Waals surface area contributed by atoms with E-state index in [0.29, 0.717) is 23.8 Å². The van der Waals surface area contributed by atoms with E-state index in [9.17, 15) is 0 Å². The van der Waals surface area contributed by atoms with Crippen LogP contribution in [0.25, 0.3) is 5.76 Å². The Morgan fingerprint density at radius 2 is 2.04 bits per heavy atom. The Kier molecular flexibility index (Phi) is 3.33. The molecule has 0 saturated heterocycles. The zero-order chi connectivity index (χ0) is 15.9. The molecule has 1 N–H and O–H groups in total. The molecular formula is C15H15N3O4S. The summed E-state index contributed by atoms with van der Waals surface area (Å²) in [5.41, 5.74) is 0.868. The van der Waals surface area contributed by atoms with Crippen molar-refractivity contribution in [1.29, 1.82) is 0 Å². The minimum Gasteiger partial charge on any atom is -0.493 e. The molecule has 0 aliphatic carbocycles. The van der Waals surface area contributed by atoms with Crippen molar-refractivity contribution in [1.82, 2.24) is 5.32 Å². The van der Waals surface area contributed by atoms with Crippen molar-refractivity contribution in [3.8, 4) is 17.2 Å². The number of benzene rings is 1. The summed E-state index contributed by atoms with van der Waals surface area (Å²) < 4.78 is 22.5. The summed E-state index contributed by atoms with van der Waals surface area (Å²) in [5, 5.41) is 11.8. The molecule has 2 bridgehead atoms. The fourth-order valence-electron chi connectivity index (χ4n) is 2.55. The van der Waals surface area contributed by atoms with Gasteiger partial charge in [-0.3, -0.25) is 0 Å². The summed E-state index contributed by atoms with van der Waals surface area (Å²) in [5.74, 6) is 2.60. The van der Waals surface area contributed by atoms with E-state index >= 15 is 0 Å².